The van der Waals surface area contributed by atoms with Gasteiger partial charge in [-0.1, -0.05) is 13.0 Å². The number of likely N-dealkylation sites (N-methyl/N-ethyl adjacent to an activating group) is 1. The molecule has 3 unspecified atom stereocenters. The summed E-state index contributed by atoms with van der Waals surface area (Å²) in [5.41, 5.74) is 0.916. The summed E-state index contributed by atoms with van der Waals surface area (Å²) < 4.78 is 24.7. The first-order valence-electron chi connectivity index (χ1n) is 6.88. The number of ether oxygens (including phenoxy) is 2. The van der Waals surface area contributed by atoms with Crippen molar-refractivity contribution in [3.63, 3.8) is 0 Å². The smallest absolute Gasteiger partial charge is 0.165 e. The molecule has 1 aliphatic heterocycles. The van der Waals surface area contributed by atoms with E-state index in [0.29, 0.717) is 0 Å². The zero-order valence-corrected chi connectivity index (χ0v) is 11.8. The molecule has 0 aliphatic carbocycles. The number of nitrogens with one attached hydrogen (secondary N) is 1. The van der Waals surface area contributed by atoms with Gasteiger partial charge in [-0.3, -0.25) is 0 Å². The highest BCUT2D eigenvalue weighted by molar-refractivity contribution is 5.31. The van der Waals surface area contributed by atoms with Crippen molar-refractivity contribution in [2.24, 2.45) is 0 Å². The van der Waals surface area contributed by atoms with E-state index < -0.39 is 0 Å². The van der Waals surface area contributed by atoms with Gasteiger partial charge in [0.05, 0.1) is 25.4 Å². The molecule has 0 aromatic heterocycles. The fraction of sp³-hybridized carbons (Fsp3) is 0.600. The van der Waals surface area contributed by atoms with Crippen molar-refractivity contribution in [3.05, 3.63) is 29.6 Å². The monoisotopic (exact) mass is 267 g/mol. The zero-order chi connectivity index (χ0) is 13.8. The van der Waals surface area contributed by atoms with E-state index in [1.54, 1.807) is 12.1 Å². The molecular formula is C15H22FNO2. The number of rotatable bonds is 5. The van der Waals surface area contributed by atoms with Crippen molar-refractivity contribution < 1.29 is 13.9 Å². The minimum Gasteiger partial charge on any atom is -0.494 e. The summed E-state index contributed by atoms with van der Waals surface area (Å²) in [5.74, 6) is -0.0475. The van der Waals surface area contributed by atoms with Gasteiger partial charge in [-0.25, -0.2) is 4.39 Å². The molecule has 1 aromatic carbocycles. The average molecular weight is 267 g/mol. The van der Waals surface area contributed by atoms with E-state index in [1.165, 1.54) is 7.11 Å². The standard InChI is InChI=1S/C15H22FNO2/c1-4-17-15(14-7-5-10(2)19-14)11-6-8-13(18-3)12(16)9-11/h6,8-10,14-15,17H,4-5,7H2,1-3H3. The van der Waals surface area contributed by atoms with Crippen molar-refractivity contribution >= 4 is 0 Å². The predicted octanol–water partition coefficient (Wildman–Crippen LogP) is 3.05. The fourth-order valence-corrected chi connectivity index (χ4v) is 2.64. The lowest BCUT2D eigenvalue weighted by molar-refractivity contribution is 0.0319. The molecular weight excluding hydrogens is 245 g/mol. The Morgan fingerprint density at radius 1 is 1.47 bits per heavy atom. The quantitative estimate of drug-likeness (QED) is 0.889. The molecule has 1 heterocycles. The summed E-state index contributed by atoms with van der Waals surface area (Å²) >= 11 is 0. The molecule has 0 spiro atoms. The number of hydrogen-bond acceptors (Lipinski definition) is 3. The Labute approximate surface area is 114 Å². The molecule has 3 nitrogen and oxygen atoms in total. The third-order valence-corrected chi connectivity index (χ3v) is 3.60. The lowest BCUT2D eigenvalue weighted by Gasteiger charge is -2.25. The summed E-state index contributed by atoms with van der Waals surface area (Å²) in [5, 5.41) is 3.39. The number of hydrogen-bond donors (Lipinski definition) is 1. The van der Waals surface area contributed by atoms with Gasteiger partial charge < -0.3 is 14.8 Å². The van der Waals surface area contributed by atoms with Crippen LogP contribution in [0.15, 0.2) is 18.2 Å². The van der Waals surface area contributed by atoms with E-state index in [-0.39, 0.29) is 29.8 Å². The molecule has 0 bridgehead atoms. The van der Waals surface area contributed by atoms with Crippen LogP contribution in [0.25, 0.3) is 0 Å². The van der Waals surface area contributed by atoms with E-state index in [2.05, 4.69) is 12.2 Å². The van der Waals surface area contributed by atoms with Crippen molar-refractivity contribution in [1.82, 2.24) is 5.32 Å². The van der Waals surface area contributed by atoms with Crippen LogP contribution < -0.4 is 10.1 Å². The molecule has 3 atom stereocenters. The summed E-state index contributed by atoms with van der Waals surface area (Å²) in [7, 11) is 1.47. The molecule has 4 heteroatoms. The van der Waals surface area contributed by atoms with Crippen LogP contribution in [0, 0.1) is 5.82 Å². The lowest BCUT2D eigenvalue weighted by Crippen LogP contribution is -2.32. The van der Waals surface area contributed by atoms with Gasteiger partial charge in [-0.05, 0) is 44.0 Å². The van der Waals surface area contributed by atoms with Crippen LogP contribution >= 0.6 is 0 Å². The van der Waals surface area contributed by atoms with Gasteiger partial charge >= 0.3 is 0 Å². The molecule has 2 rings (SSSR count). The van der Waals surface area contributed by atoms with Crippen molar-refractivity contribution in [1.29, 1.82) is 0 Å². The second-order valence-electron chi connectivity index (χ2n) is 4.99. The average Bonchev–Trinajstić information content (AvgIpc) is 2.82. The first-order chi connectivity index (χ1) is 9.15. The van der Waals surface area contributed by atoms with Crippen LogP contribution in [0.3, 0.4) is 0 Å². The number of benzene rings is 1. The summed E-state index contributed by atoms with van der Waals surface area (Å²) in [6, 6.07) is 5.16. The Bertz CT molecular complexity index is 425. The van der Waals surface area contributed by atoms with Crippen molar-refractivity contribution in [3.8, 4) is 5.75 Å². The number of halogens is 1. The lowest BCUT2D eigenvalue weighted by atomic mass is 9.98. The molecule has 0 saturated carbocycles. The zero-order valence-electron chi connectivity index (χ0n) is 11.8. The Kier molecular flexibility index (Phi) is 4.77. The fourth-order valence-electron chi connectivity index (χ4n) is 2.64. The Morgan fingerprint density at radius 2 is 2.26 bits per heavy atom. The third kappa shape index (κ3) is 3.25. The second kappa shape index (κ2) is 6.35. The van der Waals surface area contributed by atoms with Crippen LogP contribution in [0.5, 0.6) is 5.75 Å². The highest BCUT2D eigenvalue weighted by Crippen LogP contribution is 2.31. The van der Waals surface area contributed by atoms with Gasteiger partial charge in [0, 0.05) is 0 Å². The number of methoxy groups -OCH3 is 1. The van der Waals surface area contributed by atoms with Crippen LogP contribution in [0.1, 0.15) is 38.3 Å². The van der Waals surface area contributed by atoms with E-state index >= 15 is 0 Å². The molecule has 0 radical (unpaired) electrons. The van der Waals surface area contributed by atoms with Crippen LogP contribution in [-0.4, -0.2) is 25.9 Å². The van der Waals surface area contributed by atoms with Gasteiger partial charge in [0.2, 0.25) is 0 Å². The van der Waals surface area contributed by atoms with E-state index in [9.17, 15) is 4.39 Å². The summed E-state index contributed by atoms with van der Waals surface area (Å²) in [6.45, 7) is 4.95. The SMILES string of the molecule is CCNC(c1ccc(OC)c(F)c1)C1CCC(C)O1. The van der Waals surface area contributed by atoms with Gasteiger partial charge in [-0.15, -0.1) is 0 Å². The first-order valence-corrected chi connectivity index (χ1v) is 6.88. The minimum absolute atomic E-state index is 0.0374. The molecule has 19 heavy (non-hydrogen) atoms. The van der Waals surface area contributed by atoms with Crippen LogP contribution in [-0.2, 0) is 4.74 Å². The van der Waals surface area contributed by atoms with E-state index in [1.807, 2.05) is 13.0 Å². The Balaban J connectivity index is 2.21. The van der Waals surface area contributed by atoms with E-state index in [4.69, 9.17) is 9.47 Å². The molecule has 1 aromatic rings. The molecule has 1 aliphatic rings. The van der Waals surface area contributed by atoms with Gasteiger partial charge in [0.15, 0.2) is 11.6 Å². The first kappa shape index (κ1) is 14.3. The molecule has 1 fully saturated rings. The summed E-state index contributed by atoms with van der Waals surface area (Å²) in [4.78, 5) is 0. The van der Waals surface area contributed by atoms with Crippen molar-refractivity contribution in [2.75, 3.05) is 13.7 Å². The summed E-state index contributed by atoms with van der Waals surface area (Å²) in [6.07, 6.45) is 2.47. The predicted molar refractivity (Wildman–Crippen MR) is 72.9 cm³/mol. The van der Waals surface area contributed by atoms with Crippen molar-refractivity contribution in [2.45, 2.75) is 44.9 Å². The third-order valence-electron chi connectivity index (χ3n) is 3.60. The minimum atomic E-state index is -0.325. The van der Waals surface area contributed by atoms with Gasteiger partial charge in [0.25, 0.3) is 0 Å². The maximum Gasteiger partial charge on any atom is 0.165 e. The van der Waals surface area contributed by atoms with Crippen LogP contribution in [0.2, 0.25) is 0 Å². The van der Waals surface area contributed by atoms with E-state index in [0.717, 1.165) is 24.9 Å². The Hall–Kier alpha value is -1.13. The largest absolute Gasteiger partial charge is 0.494 e. The second-order valence-corrected chi connectivity index (χ2v) is 4.99. The molecule has 1 N–H and O–H groups in total. The van der Waals surface area contributed by atoms with Gasteiger partial charge in [-0.2, -0.15) is 0 Å². The molecule has 1 saturated heterocycles. The molecule has 106 valence electrons. The highest BCUT2D eigenvalue weighted by Gasteiger charge is 2.30. The Morgan fingerprint density at radius 3 is 2.79 bits per heavy atom. The van der Waals surface area contributed by atoms with Gasteiger partial charge in [0.1, 0.15) is 0 Å². The normalized spacial score (nSPS) is 24.4. The topological polar surface area (TPSA) is 30.5 Å². The maximum absolute atomic E-state index is 13.8. The van der Waals surface area contributed by atoms with Crippen LogP contribution in [0.4, 0.5) is 4.39 Å². The maximum atomic E-state index is 13.8. The highest BCUT2D eigenvalue weighted by atomic mass is 19.1. The molecule has 0 amide bonds.